The zero-order valence-corrected chi connectivity index (χ0v) is 14.0. The molecule has 0 spiro atoms. The summed E-state index contributed by atoms with van der Waals surface area (Å²) in [5, 5.41) is 4.02. The number of nitrogens with two attached hydrogens (primary N) is 1. The van der Waals surface area contributed by atoms with Crippen molar-refractivity contribution in [3.05, 3.63) is 46.8 Å². The van der Waals surface area contributed by atoms with Crippen LogP contribution in [0.4, 0.5) is 17.6 Å². The fourth-order valence-electron chi connectivity index (χ4n) is 2.33. The highest BCUT2D eigenvalue weighted by atomic mass is 35.5. The summed E-state index contributed by atoms with van der Waals surface area (Å²) >= 11 is 12.5. The van der Waals surface area contributed by atoms with Gasteiger partial charge >= 0.3 is 0 Å². The molecule has 8 nitrogen and oxygen atoms in total. The third kappa shape index (κ3) is 2.92. The molecule has 0 fully saturated rings. The van der Waals surface area contributed by atoms with Gasteiger partial charge < -0.3 is 16.0 Å². The second-order valence-corrected chi connectivity index (χ2v) is 5.84. The van der Waals surface area contributed by atoms with Crippen LogP contribution in [-0.2, 0) is 0 Å². The highest BCUT2D eigenvalue weighted by Gasteiger charge is 2.16. The zero-order chi connectivity index (χ0) is 17.4. The van der Waals surface area contributed by atoms with Crippen LogP contribution in [0.1, 0.15) is 0 Å². The van der Waals surface area contributed by atoms with E-state index in [0.29, 0.717) is 44.2 Å². The third-order valence-electron chi connectivity index (χ3n) is 3.40. The van der Waals surface area contributed by atoms with Gasteiger partial charge in [-0.1, -0.05) is 29.3 Å². The minimum Gasteiger partial charge on any atom is -0.368 e. The number of nitrogen functional groups attached to an aromatic ring is 1. The van der Waals surface area contributed by atoms with Crippen molar-refractivity contribution in [2.45, 2.75) is 0 Å². The Labute approximate surface area is 151 Å². The van der Waals surface area contributed by atoms with Crippen molar-refractivity contribution in [1.82, 2.24) is 29.9 Å². The van der Waals surface area contributed by atoms with E-state index in [2.05, 4.69) is 35.2 Å². The van der Waals surface area contributed by atoms with E-state index in [0.717, 1.165) is 0 Å². The van der Waals surface area contributed by atoms with Crippen LogP contribution in [0.25, 0.3) is 22.6 Å². The molecule has 0 unspecified atom stereocenters. The molecule has 0 saturated carbocycles. The average molecular weight is 373 g/mol. The molecule has 3 heterocycles. The number of aromatic amines is 1. The highest BCUT2D eigenvalue weighted by molar-refractivity contribution is 6.39. The number of aromatic nitrogens is 6. The molecule has 10 heteroatoms. The van der Waals surface area contributed by atoms with Gasteiger partial charge in [0.25, 0.3) is 0 Å². The Balaban J connectivity index is 1.82. The number of hydrogen-bond donors (Lipinski definition) is 3. The maximum Gasteiger partial charge on any atom is 0.221 e. The van der Waals surface area contributed by atoms with Crippen molar-refractivity contribution in [2.75, 3.05) is 11.1 Å². The van der Waals surface area contributed by atoms with Gasteiger partial charge in [-0.05, 0) is 18.2 Å². The molecule has 0 atom stereocenters. The molecule has 0 amide bonds. The van der Waals surface area contributed by atoms with Crippen LogP contribution in [-0.4, -0.2) is 29.9 Å². The Hall–Kier alpha value is -2.97. The van der Waals surface area contributed by atoms with Crippen LogP contribution in [0.2, 0.25) is 10.0 Å². The Morgan fingerprint density at radius 1 is 1.00 bits per heavy atom. The number of fused-ring (bicyclic) bond motifs is 1. The number of hydrogen-bond acceptors (Lipinski definition) is 7. The van der Waals surface area contributed by atoms with E-state index in [4.69, 9.17) is 28.9 Å². The molecule has 25 heavy (non-hydrogen) atoms. The van der Waals surface area contributed by atoms with Crippen molar-refractivity contribution >= 4 is 51.9 Å². The molecule has 0 aliphatic heterocycles. The molecule has 124 valence electrons. The lowest BCUT2D eigenvalue weighted by Gasteiger charge is -2.04. The highest BCUT2D eigenvalue weighted by Crippen LogP contribution is 2.34. The molecule has 3 aromatic heterocycles. The van der Waals surface area contributed by atoms with Gasteiger partial charge in [0.05, 0.1) is 15.6 Å². The van der Waals surface area contributed by atoms with E-state index in [1.165, 1.54) is 6.33 Å². The summed E-state index contributed by atoms with van der Waals surface area (Å²) in [5.41, 5.74) is 7.24. The van der Waals surface area contributed by atoms with Gasteiger partial charge in [0, 0.05) is 6.20 Å². The fraction of sp³-hybridized carbons (Fsp3) is 0. The van der Waals surface area contributed by atoms with Crippen LogP contribution < -0.4 is 11.1 Å². The summed E-state index contributed by atoms with van der Waals surface area (Å²) in [5.74, 6) is 1.61. The number of nitrogens with zero attached hydrogens (tertiary/aromatic N) is 5. The number of halogens is 2. The number of anilines is 3. The summed E-state index contributed by atoms with van der Waals surface area (Å²) in [7, 11) is 0. The number of imidazole rings is 1. The predicted octanol–water partition coefficient (Wildman–Crippen LogP) is 3.44. The summed E-state index contributed by atoms with van der Waals surface area (Å²) in [4.78, 5) is 24.0. The minimum absolute atomic E-state index is 0.154. The lowest BCUT2D eigenvalue weighted by atomic mass is 10.2. The second-order valence-electron chi connectivity index (χ2n) is 5.03. The Kier molecular flexibility index (Phi) is 3.83. The fourth-order valence-corrected chi connectivity index (χ4v) is 2.90. The Morgan fingerprint density at radius 2 is 1.80 bits per heavy atom. The summed E-state index contributed by atoms with van der Waals surface area (Å²) in [6, 6.07) is 6.92. The Bertz CT molecular complexity index is 1060. The van der Waals surface area contributed by atoms with Gasteiger partial charge in [0.2, 0.25) is 5.95 Å². The van der Waals surface area contributed by atoms with E-state index >= 15 is 0 Å². The van der Waals surface area contributed by atoms with Crippen LogP contribution in [0.5, 0.6) is 0 Å². The lowest BCUT2D eigenvalue weighted by molar-refractivity contribution is 1.16. The topological polar surface area (TPSA) is 118 Å². The van der Waals surface area contributed by atoms with E-state index in [-0.39, 0.29) is 5.95 Å². The quantitative estimate of drug-likeness (QED) is 0.503. The first-order chi connectivity index (χ1) is 12.1. The minimum atomic E-state index is 0.154. The van der Waals surface area contributed by atoms with Crippen molar-refractivity contribution in [1.29, 1.82) is 0 Å². The standard InChI is InChI=1S/C15H10Cl2N8/c16-7-2-1-3-8(17)10(7)12-24-11-13(20-6-21-14(11)25-12)22-9-4-5-19-15(18)23-9/h1-6H,(H4,18,19,20,21,22,23,24,25). The van der Waals surface area contributed by atoms with E-state index < -0.39 is 0 Å². The normalized spacial score (nSPS) is 11.0. The lowest BCUT2D eigenvalue weighted by Crippen LogP contribution is -2.01. The maximum atomic E-state index is 6.25. The van der Waals surface area contributed by atoms with E-state index in [9.17, 15) is 0 Å². The molecule has 0 aliphatic rings. The largest absolute Gasteiger partial charge is 0.368 e. The first-order valence-corrected chi connectivity index (χ1v) is 7.88. The Morgan fingerprint density at radius 3 is 2.56 bits per heavy atom. The van der Waals surface area contributed by atoms with Gasteiger partial charge in [0.1, 0.15) is 18.0 Å². The molecule has 0 radical (unpaired) electrons. The van der Waals surface area contributed by atoms with Crippen molar-refractivity contribution < 1.29 is 0 Å². The van der Waals surface area contributed by atoms with Crippen LogP contribution >= 0.6 is 23.2 Å². The third-order valence-corrected chi connectivity index (χ3v) is 4.03. The van der Waals surface area contributed by atoms with Gasteiger partial charge in [-0.2, -0.15) is 4.98 Å². The van der Waals surface area contributed by atoms with Gasteiger partial charge in [-0.15, -0.1) is 0 Å². The predicted molar refractivity (Wildman–Crippen MR) is 96.9 cm³/mol. The molecular formula is C15H10Cl2N8. The molecule has 4 rings (SSSR count). The molecule has 4 aromatic rings. The number of nitrogens with one attached hydrogen (secondary N) is 2. The summed E-state index contributed by atoms with van der Waals surface area (Å²) in [6.07, 6.45) is 2.95. The van der Waals surface area contributed by atoms with Gasteiger partial charge in [-0.3, -0.25) is 0 Å². The van der Waals surface area contributed by atoms with Gasteiger partial charge in [0.15, 0.2) is 17.0 Å². The molecular weight excluding hydrogens is 363 g/mol. The second kappa shape index (κ2) is 6.15. The number of benzene rings is 1. The zero-order valence-electron chi connectivity index (χ0n) is 12.5. The van der Waals surface area contributed by atoms with E-state index in [1.807, 2.05) is 0 Å². The van der Waals surface area contributed by atoms with Crippen LogP contribution in [0.3, 0.4) is 0 Å². The molecule has 1 aromatic carbocycles. The molecule has 0 saturated heterocycles. The first kappa shape index (κ1) is 15.6. The smallest absolute Gasteiger partial charge is 0.221 e. The van der Waals surface area contributed by atoms with Crippen molar-refractivity contribution in [2.24, 2.45) is 0 Å². The van der Waals surface area contributed by atoms with Crippen molar-refractivity contribution in [3.8, 4) is 11.4 Å². The maximum absolute atomic E-state index is 6.25. The summed E-state index contributed by atoms with van der Waals surface area (Å²) < 4.78 is 0. The van der Waals surface area contributed by atoms with Crippen molar-refractivity contribution in [3.63, 3.8) is 0 Å². The monoisotopic (exact) mass is 372 g/mol. The SMILES string of the molecule is Nc1nccc(Nc2ncnc3[nH]c(-c4c(Cl)cccc4Cl)nc23)n1. The number of H-pyrrole nitrogens is 1. The number of rotatable bonds is 3. The first-order valence-electron chi connectivity index (χ1n) is 7.12. The average Bonchev–Trinajstić information content (AvgIpc) is 2.99. The summed E-state index contributed by atoms with van der Waals surface area (Å²) in [6.45, 7) is 0. The van der Waals surface area contributed by atoms with E-state index in [1.54, 1.807) is 30.5 Å². The molecule has 4 N–H and O–H groups in total. The molecule has 0 aliphatic carbocycles. The van der Waals surface area contributed by atoms with Crippen LogP contribution in [0.15, 0.2) is 36.8 Å². The molecule has 0 bridgehead atoms. The van der Waals surface area contributed by atoms with Gasteiger partial charge in [-0.25, -0.2) is 19.9 Å². The van der Waals surface area contributed by atoms with Crippen LogP contribution in [0, 0.1) is 0 Å².